The monoisotopic (exact) mass is 390 g/mol. The highest BCUT2D eigenvalue weighted by atomic mass is 15.2. The number of piperidine rings is 1. The Morgan fingerprint density at radius 2 is 2.00 bits per heavy atom. The van der Waals surface area contributed by atoms with Crippen molar-refractivity contribution in [1.29, 1.82) is 0 Å². The number of allylic oxidation sites excluding steroid dienone is 2. The minimum absolute atomic E-state index is 0.248. The Kier molecular flexibility index (Phi) is 7.21. The summed E-state index contributed by atoms with van der Waals surface area (Å²) in [6.07, 6.45) is 13.0. The summed E-state index contributed by atoms with van der Waals surface area (Å²) in [6, 6.07) is 9.53. The second kappa shape index (κ2) is 9.84. The Labute approximate surface area is 175 Å². The van der Waals surface area contributed by atoms with Gasteiger partial charge in [0.25, 0.3) is 0 Å². The average Bonchev–Trinajstić information content (AvgIpc) is 3.12. The molecule has 4 heteroatoms. The van der Waals surface area contributed by atoms with Crippen LogP contribution in [0.1, 0.15) is 63.9 Å². The molecule has 1 saturated heterocycles. The third-order valence-electron chi connectivity index (χ3n) is 6.15. The van der Waals surface area contributed by atoms with Crippen LogP contribution in [0.5, 0.6) is 0 Å². The molecule has 0 bridgehead atoms. The van der Waals surface area contributed by atoms with Gasteiger partial charge in [-0.3, -0.25) is 9.89 Å². The van der Waals surface area contributed by atoms with Gasteiger partial charge in [0.2, 0.25) is 0 Å². The van der Waals surface area contributed by atoms with Gasteiger partial charge in [0.15, 0.2) is 0 Å². The van der Waals surface area contributed by atoms with Crippen LogP contribution >= 0.6 is 0 Å². The zero-order chi connectivity index (χ0) is 20.8. The molecule has 2 aromatic rings. The number of nitrogens with zero attached hydrogens (tertiary/aromatic N) is 4. The molecule has 1 aliphatic rings. The molecule has 0 radical (unpaired) electrons. The van der Waals surface area contributed by atoms with E-state index in [9.17, 15) is 0 Å². The lowest BCUT2D eigenvalue weighted by molar-refractivity contribution is 0.143. The summed E-state index contributed by atoms with van der Waals surface area (Å²) in [4.78, 5) is 12.2. The maximum atomic E-state index is 5.13. The van der Waals surface area contributed by atoms with E-state index in [4.69, 9.17) is 4.98 Å². The van der Waals surface area contributed by atoms with Gasteiger partial charge in [-0.2, -0.15) is 0 Å². The first kappa shape index (κ1) is 21.3. The first-order chi connectivity index (χ1) is 14.2. The normalized spacial score (nSPS) is 21.3. The van der Waals surface area contributed by atoms with Crippen LogP contribution in [0, 0.1) is 0 Å². The fourth-order valence-corrected chi connectivity index (χ4v) is 4.64. The number of para-hydroxylation sites is 2. The topological polar surface area (TPSA) is 33.4 Å². The van der Waals surface area contributed by atoms with Gasteiger partial charge in [-0.25, -0.2) is 4.98 Å². The molecule has 0 N–H and O–H groups in total. The van der Waals surface area contributed by atoms with Gasteiger partial charge in [-0.1, -0.05) is 51.3 Å². The predicted molar refractivity (Wildman–Crippen MR) is 124 cm³/mol. The summed E-state index contributed by atoms with van der Waals surface area (Å²) in [6.45, 7) is 12.2. The molecule has 3 rings (SSSR count). The average molecular weight is 391 g/mol. The van der Waals surface area contributed by atoms with Crippen LogP contribution < -0.4 is 0 Å². The lowest BCUT2D eigenvalue weighted by Gasteiger charge is -2.40. The standard InChI is InChI=1S/C25H34N4/c1-6-10-14-20(26-9-4)22-17-13-18-24(28(22)5)25-27-21-15-11-12-16-23(21)29(25)19(7-2)8-3/h6,9-12,14-16,19,22,24H,1,4,7-8,13,17-18H2,2-3,5H3/b14-10-,26-20+/t22-,24+/m0/s1. The Hall–Kier alpha value is -2.46. The number of imidazole rings is 1. The third kappa shape index (κ3) is 4.27. The predicted octanol–water partition coefficient (Wildman–Crippen LogP) is 6.25. The van der Waals surface area contributed by atoms with Gasteiger partial charge < -0.3 is 4.57 Å². The highest BCUT2D eigenvalue weighted by Gasteiger charge is 2.34. The van der Waals surface area contributed by atoms with E-state index in [1.54, 1.807) is 12.3 Å². The number of aromatic nitrogens is 2. The molecule has 154 valence electrons. The molecule has 0 spiro atoms. The highest BCUT2D eigenvalue weighted by molar-refractivity contribution is 6.00. The first-order valence-corrected chi connectivity index (χ1v) is 10.8. The SMILES string of the molecule is C=C/C=C\C(=N/C=C)[C@@H]1CCC[C@H](c2nc3ccccc3n2C(CC)CC)N1C. The second-order valence-corrected chi connectivity index (χ2v) is 7.76. The van der Waals surface area contributed by atoms with E-state index in [0.717, 1.165) is 43.3 Å². The summed E-state index contributed by atoms with van der Waals surface area (Å²) in [5.41, 5.74) is 3.38. The zero-order valence-electron chi connectivity index (χ0n) is 18.1. The van der Waals surface area contributed by atoms with Crippen LogP contribution in [0.2, 0.25) is 0 Å². The molecule has 0 saturated carbocycles. The minimum atomic E-state index is 0.248. The Bertz CT molecular complexity index is 901. The number of fused-ring (bicyclic) bond motifs is 1. The van der Waals surface area contributed by atoms with Crippen molar-refractivity contribution >= 4 is 16.7 Å². The number of rotatable bonds is 8. The number of benzene rings is 1. The Morgan fingerprint density at radius 1 is 1.24 bits per heavy atom. The highest BCUT2D eigenvalue weighted by Crippen LogP contribution is 2.37. The van der Waals surface area contributed by atoms with Crippen molar-refractivity contribution in [2.75, 3.05) is 7.05 Å². The largest absolute Gasteiger partial charge is 0.324 e. The molecule has 1 aromatic heterocycles. The molecule has 1 aliphatic heterocycles. The van der Waals surface area contributed by atoms with Crippen LogP contribution in [-0.2, 0) is 0 Å². The van der Waals surface area contributed by atoms with Crippen molar-refractivity contribution in [2.24, 2.45) is 4.99 Å². The lowest BCUT2D eigenvalue weighted by atomic mass is 9.92. The van der Waals surface area contributed by atoms with Crippen molar-refractivity contribution in [3.05, 3.63) is 67.7 Å². The van der Waals surface area contributed by atoms with Gasteiger partial charge in [-0.15, -0.1) is 0 Å². The molecule has 29 heavy (non-hydrogen) atoms. The van der Waals surface area contributed by atoms with E-state index in [-0.39, 0.29) is 12.1 Å². The fraction of sp³-hybridized carbons (Fsp3) is 0.440. The fourth-order valence-electron chi connectivity index (χ4n) is 4.64. The molecule has 2 atom stereocenters. The van der Waals surface area contributed by atoms with Crippen molar-refractivity contribution < 1.29 is 0 Å². The van der Waals surface area contributed by atoms with Crippen LogP contribution in [0.4, 0.5) is 0 Å². The molecule has 0 unspecified atom stereocenters. The summed E-state index contributed by atoms with van der Waals surface area (Å²) in [5, 5.41) is 0. The maximum Gasteiger partial charge on any atom is 0.127 e. The van der Waals surface area contributed by atoms with E-state index >= 15 is 0 Å². The molecule has 2 heterocycles. The van der Waals surface area contributed by atoms with Gasteiger partial charge >= 0.3 is 0 Å². The van der Waals surface area contributed by atoms with Crippen molar-refractivity contribution in [2.45, 2.75) is 64.1 Å². The molecule has 0 aliphatic carbocycles. The Morgan fingerprint density at radius 3 is 2.69 bits per heavy atom. The summed E-state index contributed by atoms with van der Waals surface area (Å²) < 4.78 is 2.50. The van der Waals surface area contributed by atoms with Gasteiger partial charge in [0.05, 0.1) is 28.8 Å². The van der Waals surface area contributed by atoms with E-state index in [1.165, 1.54) is 11.3 Å². The minimum Gasteiger partial charge on any atom is -0.324 e. The van der Waals surface area contributed by atoms with Crippen LogP contribution in [0.25, 0.3) is 11.0 Å². The van der Waals surface area contributed by atoms with Crippen LogP contribution in [0.3, 0.4) is 0 Å². The Balaban J connectivity index is 2.06. The van der Waals surface area contributed by atoms with Crippen molar-refractivity contribution in [3.8, 4) is 0 Å². The number of hydrogen-bond acceptors (Lipinski definition) is 3. The zero-order valence-corrected chi connectivity index (χ0v) is 18.1. The quantitative estimate of drug-likeness (QED) is 0.394. The summed E-state index contributed by atoms with van der Waals surface area (Å²) in [7, 11) is 2.21. The number of aliphatic imine (C=N–C) groups is 1. The smallest absolute Gasteiger partial charge is 0.127 e. The molecule has 4 nitrogen and oxygen atoms in total. The van der Waals surface area contributed by atoms with Crippen molar-refractivity contribution in [3.63, 3.8) is 0 Å². The van der Waals surface area contributed by atoms with E-state index in [1.807, 2.05) is 6.08 Å². The lowest BCUT2D eigenvalue weighted by Crippen LogP contribution is -2.44. The van der Waals surface area contributed by atoms with E-state index in [2.05, 4.69) is 78.9 Å². The summed E-state index contributed by atoms with van der Waals surface area (Å²) in [5.74, 6) is 1.19. The van der Waals surface area contributed by atoms with Gasteiger partial charge in [-0.05, 0) is 57.4 Å². The van der Waals surface area contributed by atoms with E-state index in [0.29, 0.717) is 6.04 Å². The second-order valence-electron chi connectivity index (χ2n) is 7.76. The third-order valence-corrected chi connectivity index (χ3v) is 6.15. The molecular weight excluding hydrogens is 356 g/mol. The van der Waals surface area contributed by atoms with E-state index < -0.39 is 0 Å². The first-order valence-electron chi connectivity index (χ1n) is 10.8. The molecular formula is C25H34N4. The maximum absolute atomic E-state index is 5.13. The molecule has 1 aromatic carbocycles. The van der Waals surface area contributed by atoms with Gasteiger partial charge in [0.1, 0.15) is 5.82 Å². The molecule has 1 fully saturated rings. The summed E-state index contributed by atoms with van der Waals surface area (Å²) >= 11 is 0. The van der Waals surface area contributed by atoms with Gasteiger partial charge in [0, 0.05) is 12.2 Å². The molecule has 0 amide bonds. The van der Waals surface area contributed by atoms with Crippen LogP contribution in [-0.4, -0.2) is 33.3 Å². The van der Waals surface area contributed by atoms with Crippen LogP contribution in [0.15, 0.2) is 66.8 Å². The number of hydrogen-bond donors (Lipinski definition) is 0. The van der Waals surface area contributed by atoms with Crippen molar-refractivity contribution in [1.82, 2.24) is 14.5 Å². The number of likely N-dealkylation sites (tertiary alicyclic amines) is 1.